The van der Waals surface area contributed by atoms with Crippen molar-refractivity contribution >= 4 is 5.91 Å². The van der Waals surface area contributed by atoms with Gasteiger partial charge in [0, 0.05) is 25.8 Å². The Bertz CT molecular complexity index is 753. The van der Waals surface area contributed by atoms with Crippen molar-refractivity contribution in [3.63, 3.8) is 0 Å². The number of nitrogens with zero attached hydrogens (tertiary/aromatic N) is 3. The summed E-state index contributed by atoms with van der Waals surface area (Å²) >= 11 is 0. The van der Waals surface area contributed by atoms with Crippen LogP contribution in [0.3, 0.4) is 0 Å². The maximum atomic E-state index is 12.7. The molecule has 4 rings (SSSR count). The van der Waals surface area contributed by atoms with Crippen LogP contribution in [0.15, 0.2) is 48.8 Å². The van der Waals surface area contributed by atoms with Crippen LogP contribution in [0, 0.1) is 0 Å². The van der Waals surface area contributed by atoms with Gasteiger partial charge in [0.15, 0.2) is 0 Å². The van der Waals surface area contributed by atoms with E-state index in [1.807, 2.05) is 23.1 Å². The zero-order valence-electron chi connectivity index (χ0n) is 13.9. The second-order valence-corrected chi connectivity index (χ2v) is 6.54. The topological polar surface area (TPSA) is 65.9 Å². The van der Waals surface area contributed by atoms with Gasteiger partial charge in [-0.2, -0.15) is 0 Å². The lowest BCUT2D eigenvalue weighted by Crippen LogP contribution is -2.60. The Hall–Kier alpha value is -2.44. The molecule has 1 amide bonds. The number of fused-ring (bicyclic) bond motifs is 1. The van der Waals surface area contributed by atoms with Gasteiger partial charge in [0.25, 0.3) is 5.91 Å². The summed E-state index contributed by atoms with van der Waals surface area (Å²) < 4.78 is 5.83. The summed E-state index contributed by atoms with van der Waals surface area (Å²) in [6, 6.07) is 12.3. The van der Waals surface area contributed by atoms with Crippen molar-refractivity contribution in [2.24, 2.45) is 0 Å². The molecule has 1 aromatic carbocycles. The molecule has 6 heteroatoms. The number of carbonyl (C=O) groups excluding carboxylic acids is 1. The minimum atomic E-state index is -0.0927. The highest BCUT2D eigenvalue weighted by Gasteiger charge is 2.37. The third-order valence-corrected chi connectivity index (χ3v) is 4.96. The van der Waals surface area contributed by atoms with Gasteiger partial charge in [0.2, 0.25) is 0 Å². The van der Waals surface area contributed by atoms with Crippen molar-refractivity contribution in [1.82, 2.24) is 14.8 Å². The fourth-order valence-electron chi connectivity index (χ4n) is 3.71. The van der Waals surface area contributed by atoms with E-state index in [0.717, 1.165) is 6.54 Å². The van der Waals surface area contributed by atoms with E-state index in [1.165, 1.54) is 24.0 Å². The summed E-state index contributed by atoms with van der Waals surface area (Å²) in [4.78, 5) is 20.9. The molecule has 2 atom stereocenters. The van der Waals surface area contributed by atoms with Crippen LogP contribution >= 0.6 is 0 Å². The van der Waals surface area contributed by atoms with Gasteiger partial charge in [0.05, 0.1) is 37.1 Å². The number of pyridine rings is 1. The molecule has 6 nitrogen and oxygen atoms in total. The van der Waals surface area contributed by atoms with Crippen LogP contribution in [0.5, 0.6) is 5.75 Å². The number of hydrogen-bond donors (Lipinski definition) is 1. The van der Waals surface area contributed by atoms with Crippen molar-refractivity contribution in [3.05, 3.63) is 59.9 Å². The predicted octanol–water partition coefficient (Wildman–Crippen LogP) is 1.69. The second-order valence-electron chi connectivity index (χ2n) is 6.54. The van der Waals surface area contributed by atoms with Crippen molar-refractivity contribution in [2.75, 3.05) is 32.8 Å². The fourth-order valence-corrected chi connectivity index (χ4v) is 3.71. The van der Waals surface area contributed by atoms with Crippen molar-refractivity contribution in [2.45, 2.75) is 12.1 Å². The molecule has 2 aliphatic rings. The molecule has 0 spiro atoms. The van der Waals surface area contributed by atoms with E-state index >= 15 is 0 Å². The molecule has 0 saturated carbocycles. The number of aromatic hydroxyl groups is 1. The number of hydrogen-bond acceptors (Lipinski definition) is 5. The smallest absolute Gasteiger partial charge is 0.255 e. The monoisotopic (exact) mass is 339 g/mol. The Morgan fingerprint density at radius 2 is 2.00 bits per heavy atom. The lowest BCUT2D eigenvalue weighted by Gasteiger charge is -2.48. The van der Waals surface area contributed by atoms with E-state index < -0.39 is 0 Å². The van der Waals surface area contributed by atoms with Crippen LogP contribution in [0.1, 0.15) is 22.0 Å². The molecule has 0 bridgehead atoms. The molecular weight excluding hydrogens is 318 g/mol. The molecule has 0 aliphatic carbocycles. The van der Waals surface area contributed by atoms with Crippen molar-refractivity contribution in [1.29, 1.82) is 0 Å². The highest BCUT2D eigenvalue weighted by atomic mass is 16.5. The van der Waals surface area contributed by atoms with E-state index in [1.54, 1.807) is 0 Å². The molecule has 2 fully saturated rings. The van der Waals surface area contributed by atoms with Crippen LogP contribution in [-0.4, -0.2) is 64.7 Å². The van der Waals surface area contributed by atoms with Crippen LogP contribution in [0.25, 0.3) is 0 Å². The van der Waals surface area contributed by atoms with E-state index in [0.29, 0.717) is 31.9 Å². The standard InChI is InChI=1S/C19H21N3O3/c23-17-8-15(9-20-10-17)19(24)21-6-7-22-16(11-21)12-25-13-18(22)14-4-2-1-3-5-14/h1-5,8-10,16,18,23H,6-7,11-13H2/t16-,18-/m1/s1. The predicted molar refractivity (Wildman–Crippen MR) is 92.3 cm³/mol. The minimum absolute atomic E-state index is 0.00891. The first kappa shape index (κ1) is 16.1. The first-order valence-electron chi connectivity index (χ1n) is 8.54. The normalized spacial score (nSPS) is 23.9. The summed E-state index contributed by atoms with van der Waals surface area (Å²) in [6.45, 7) is 3.41. The zero-order valence-corrected chi connectivity index (χ0v) is 13.9. The van der Waals surface area contributed by atoms with Crippen LogP contribution in [0.4, 0.5) is 0 Å². The van der Waals surface area contributed by atoms with Crippen LogP contribution in [0.2, 0.25) is 0 Å². The average molecular weight is 339 g/mol. The highest BCUT2D eigenvalue weighted by Crippen LogP contribution is 2.30. The van der Waals surface area contributed by atoms with E-state index in [4.69, 9.17) is 4.74 Å². The molecule has 1 aromatic heterocycles. The third kappa shape index (κ3) is 3.23. The van der Waals surface area contributed by atoms with Gasteiger partial charge in [-0.25, -0.2) is 0 Å². The van der Waals surface area contributed by atoms with Gasteiger partial charge in [-0.1, -0.05) is 30.3 Å². The molecule has 2 aromatic rings. The summed E-state index contributed by atoms with van der Waals surface area (Å²) in [5.74, 6) is -0.0838. The van der Waals surface area contributed by atoms with Crippen LogP contribution in [-0.2, 0) is 4.74 Å². The number of morpholine rings is 1. The Labute approximate surface area is 146 Å². The third-order valence-electron chi connectivity index (χ3n) is 4.96. The van der Waals surface area contributed by atoms with E-state index in [2.05, 4.69) is 22.0 Å². The Morgan fingerprint density at radius 3 is 2.80 bits per heavy atom. The van der Waals surface area contributed by atoms with Crippen LogP contribution < -0.4 is 0 Å². The van der Waals surface area contributed by atoms with Gasteiger partial charge in [-0.15, -0.1) is 0 Å². The number of rotatable bonds is 2. The molecule has 25 heavy (non-hydrogen) atoms. The summed E-state index contributed by atoms with van der Waals surface area (Å²) in [7, 11) is 0. The zero-order chi connectivity index (χ0) is 17.2. The summed E-state index contributed by atoms with van der Waals surface area (Å²) in [5, 5.41) is 9.55. The molecule has 1 N–H and O–H groups in total. The summed E-state index contributed by atoms with van der Waals surface area (Å²) in [6.07, 6.45) is 2.83. The number of carbonyl (C=O) groups is 1. The maximum absolute atomic E-state index is 12.7. The van der Waals surface area contributed by atoms with Gasteiger partial charge in [-0.3, -0.25) is 14.7 Å². The van der Waals surface area contributed by atoms with Crippen molar-refractivity contribution in [3.8, 4) is 5.75 Å². The first-order chi connectivity index (χ1) is 12.2. The van der Waals surface area contributed by atoms with Crippen molar-refractivity contribution < 1.29 is 14.6 Å². The Balaban J connectivity index is 1.49. The fraction of sp³-hybridized carbons (Fsp3) is 0.368. The van der Waals surface area contributed by atoms with Gasteiger partial charge < -0.3 is 14.7 Å². The highest BCUT2D eigenvalue weighted by molar-refractivity contribution is 5.94. The second kappa shape index (κ2) is 6.82. The number of aromatic nitrogens is 1. The van der Waals surface area contributed by atoms with Gasteiger partial charge in [-0.05, 0) is 11.6 Å². The van der Waals surface area contributed by atoms with Gasteiger partial charge in [0.1, 0.15) is 5.75 Å². The molecular formula is C19H21N3O3. The molecule has 2 saturated heterocycles. The summed E-state index contributed by atoms with van der Waals surface area (Å²) in [5.41, 5.74) is 1.67. The lowest BCUT2D eigenvalue weighted by atomic mass is 10.00. The Morgan fingerprint density at radius 1 is 1.16 bits per heavy atom. The molecule has 3 heterocycles. The maximum Gasteiger partial charge on any atom is 0.255 e. The number of piperazine rings is 1. The quantitative estimate of drug-likeness (QED) is 0.902. The molecule has 130 valence electrons. The van der Waals surface area contributed by atoms with E-state index in [9.17, 15) is 9.90 Å². The lowest BCUT2D eigenvalue weighted by molar-refractivity contribution is -0.0770. The minimum Gasteiger partial charge on any atom is -0.506 e. The van der Waals surface area contributed by atoms with Gasteiger partial charge >= 0.3 is 0 Å². The molecule has 2 aliphatic heterocycles. The Kier molecular flexibility index (Phi) is 4.38. The average Bonchev–Trinajstić information content (AvgIpc) is 2.67. The SMILES string of the molecule is O=C(c1cncc(O)c1)N1CCN2[C@@H](COC[C@@H]2c2ccccc2)C1. The number of ether oxygens (including phenoxy) is 1. The molecule has 0 radical (unpaired) electrons. The van der Waals surface area contributed by atoms with E-state index in [-0.39, 0.29) is 23.7 Å². The number of benzene rings is 1. The first-order valence-corrected chi connectivity index (χ1v) is 8.54. The number of amides is 1. The molecule has 0 unspecified atom stereocenters. The largest absolute Gasteiger partial charge is 0.506 e.